The predicted molar refractivity (Wildman–Crippen MR) is 76.5 cm³/mol. The van der Waals surface area contributed by atoms with E-state index in [2.05, 4.69) is 29.4 Å². The normalized spacial score (nSPS) is 24.0. The lowest BCUT2D eigenvalue weighted by Crippen LogP contribution is -2.39. The van der Waals surface area contributed by atoms with Gasteiger partial charge in [-0.15, -0.1) is 0 Å². The fourth-order valence-corrected chi connectivity index (χ4v) is 2.76. The van der Waals surface area contributed by atoms with Gasteiger partial charge in [-0.3, -0.25) is 14.7 Å². The van der Waals surface area contributed by atoms with Crippen molar-refractivity contribution in [3.63, 3.8) is 0 Å². The van der Waals surface area contributed by atoms with Crippen molar-refractivity contribution in [2.75, 3.05) is 13.1 Å². The number of pyridine rings is 1. The Bertz CT molecular complexity index is 521. The molecule has 0 saturated carbocycles. The Morgan fingerprint density at radius 3 is 2.81 bits per heavy atom. The van der Waals surface area contributed by atoms with Gasteiger partial charge in [-0.25, -0.2) is 0 Å². The number of hydrogen-bond acceptors (Lipinski definition) is 4. The number of piperidine rings is 1. The van der Waals surface area contributed by atoms with E-state index in [0.29, 0.717) is 23.3 Å². The first-order valence-electron chi connectivity index (χ1n) is 6.73. The largest absolute Gasteiger partial charge is 0.418 e. The van der Waals surface area contributed by atoms with Crippen LogP contribution in [0.5, 0.6) is 0 Å². The summed E-state index contributed by atoms with van der Waals surface area (Å²) in [6.07, 6.45) is -2.17. The van der Waals surface area contributed by atoms with Crippen molar-refractivity contribution in [1.29, 1.82) is 0 Å². The highest BCUT2D eigenvalue weighted by Gasteiger charge is 2.34. The molecule has 0 aliphatic carbocycles. The van der Waals surface area contributed by atoms with E-state index in [0.717, 1.165) is 25.6 Å². The fourth-order valence-electron chi connectivity index (χ4n) is 2.55. The van der Waals surface area contributed by atoms with Crippen molar-refractivity contribution < 1.29 is 18.0 Å². The summed E-state index contributed by atoms with van der Waals surface area (Å²) in [4.78, 5) is 16.4. The molecule has 0 aromatic carbocycles. The van der Waals surface area contributed by atoms with Crippen LogP contribution >= 0.6 is 12.6 Å². The number of alkyl halides is 3. The molecule has 1 unspecified atom stereocenters. The van der Waals surface area contributed by atoms with Gasteiger partial charge in [0.05, 0.1) is 5.56 Å². The molecule has 2 atom stereocenters. The van der Waals surface area contributed by atoms with Gasteiger partial charge >= 0.3 is 6.18 Å². The van der Waals surface area contributed by atoms with Crippen LogP contribution in [0, 0.1) is 5.92 Å². The van der Waals surface area contributed by atoms with Crippen LogP contribution in [-0.2, 0) is 12.7 Å². The maximum absolute atomic E-state index is 12.9. The number of likely N-dealkylation sites (tertiary alicyclic amines) is 1. The van der Waals surface area contributed by atoms with Crippen LogP contribution in [0.25, 0.3) is 0 Å². The third-order valence-corrected chi connectivity index (χ3v) is 4.51. The lowest BCUT2D eigenvalue weighted by atomic mass is 9.99. The fraction of sp³-hybridized carbons (Fsp3) is 0.571. The van der Waals surface area contributed by atoms with E-state index in [1.807, 2.05) is 0 Å². The first-order chi connectivity index (χ1) is 9.81. The summed E-state index contributed by atoms with van der Waals surface area (Å²) in [5, 5.41) is 0.336. The molecule has 2 rings (SSSR count). The molecule has 1 aliphatic heterocycles. The van der Waals surface area contributed by atoms with E-state index in [-0.39, 0.29) is 6.29 Å². The number of nitrogens with zero attached hydrogens (tertiary/aromatic N) is 2. The summed E-state index contributed by atoms with van der Waals surface area (Å²) in [6.45, 7) is 4.08. The SMILES string of the molecule is C[C@@H]1CN(Cc2cnc(C=O)c(C(F)(F)F)c2)CCC1S. The van der Waals surface area contributed by atoms with Gasteiger partial charge in [0.1, 0.15) is 5.69 Å². The maximum atomic E-state index is 12.9. The van der Waals surface area contributed by atoms with E-state index >= 15 is 0 Å². The molecule has 116 valence electrons. The monoisotopic (exact) mass is 318 g/mol. The summed E-state index contributed by atoms with van der Waals surface area (Å²) in [6, 6.07) is 1.02. The Kier molecular flexibility index (Phi) is 4.93. The average molecular weight is 318 g/mol. The lowest BCUT2D eigenvalue weighted by molar-refractivity contribution is -0.138. The molecule has 0 amide bonds. The Morgan fingerprint density at radius 1 is 1.52 bits per heavy atom. The second-order valence-corrected chi connectivity index (χ2v) is 6.12. The number of hydrogen-bond donors (Lipinski definition) is 1. The number of halogens is 3. The number of aldehydes is 1. The van der Waals surface area contributed by atoms with Crippen LogP contribution in [0.15, 0.2) is 12.3 Å². The smallest absolute Gasteiger partial charge is 0.299 e. The molecule has 1 saturated heterocycles. The average Bonchev–Trinajstić information content (AvgIpc) is 2.42. The molecular formula is C14H17F3N2OS. The third kappa shape index (κ3) is 3.97. The molecule has 1 aromatic heterocycles. The molecule has 21 heavy (non-hydrogen) atoms. The Hall–Kier alpha value is -1.08. The Balaban J connectivity index is 2.16. The molecule has 7 heteroatoms. The number of carbonyl (C=O) groups is 1. The second-order valence-electron chi connectivity index (χ2n) is 5.46. The highest BCUT2D eigenvalue weighted by Crippen LogP contribution is 2.31. The minimum Gasteiger partial charge on any atom is -0.299 e. The summed E-state index contributed by atoms with van der Waals surface area (Å²) < 4.78 is 38.7. The molecule has 2 heterocycles. The lowest BCUT2D eigenvalue weighted by Gasteiger charge is -2.34. The highest BCUT2D eigenvalue weighted by atomic mass is 32.1. The van der Waals surface area contributed by atoms with E-state index in [1.54, 1.807) is 0 Å². The van der Waals surface area contributed by atoms with Crippen molar-refractivity contribution in [2.24, 2.45) is 5.92 Å². The minimum absolute atomic E-state index is 0.140. The summed E-state index contributed by atoms with van der Waals surface area (Å²) in [7, 11) is 0. The number of carbonyl (C=O) groups excluding carboxylic acids is 1. The van der Waals surface area contributed by atoms with Gasteiger partial charge in [0.25, 0.3) is 0 Å². The molecule has 0 radical (unpaired) electrons. The van der Waals surface area contributed by atoms with Crippen LogP contribution in [0.1, 0.15) is 35.0 Å². The third-order valence-electron chi connectivity index (χ3n) is 3.74. The van der Waals surface area contributed by atoms with Crippen LogP contribution in [0.3, 0.4) is 0 Å². The van der Waals surface area contributed by atoms with E-state index in [1.165, 1.54) is 6.20 Å². The highest BCUT2D eigenvalue weighted by molar-refractivity contribution is 7.81. The molecule has 1 aliphatic rings. The Labute approximate surface area is 127 Å². The number of thiol groups is 1. The maximum Gasteiger partial charge on any atom is 0.418 e. The molecule has 0 N–H and O–H groups in total. The van der Waals surface area contributed by atoms with Gasteiger partial charge < -0.3 is 0 Å². The zero-order chi connectivity index (χ0) is 15.6. The minimum atomic E-state index is -4.56. The van der Waals surface area contributed by atoms with Crippen LogP contribution < -0.4 is 0 Å². The molecule has 0 bridgehead atoms. The van der Waals surface area contributed by atoms with Crippen molar-refractivity contribution in [2.45, 2.75) is 31.3 Å². The van der Waals surface area contributed by atoms with Crippen LogP contribution in [0.2, 0.25) is 0 Å². The van der Waals surface area contributed by atoms with Gasteiger partial charge in [0, 0.05) is 24.5 Å². The van der Waals surface area contributed by atoms with Gasteiger partial charge in [0.2, 0.25) is 0 Å². The summed E-state index contributed by atoms with van der Waals surface area (Å²) in [5.74, 6) is 0.395. The van der Waals surface area contributed by atoms with E-state index < -0.39 is 17.4 Å². The van der Waals surface area contributed by atoms with Crippen LogP contribution in [-0.4, -0.2) is 34.5 Å². The van der Waals surface area contributed by atoms with Gasteiger partial charge in [-0.1, -0.05) is 6.92 Å². The number of rotatable bonds is 3. The van der Waals surface area contributed by atoms with E-state index in [9.17, 15) is 18.0 Å². The number of aromatic nitrogens is 1. The first-order valence-corrected chi connectivity index (χ1v) is 7.24. The molecular weight excluding hydrogens is 301 g/mol. The molecule has 3 nitrogen and oxygen atoms in total. The van der Waals surface area contributed by atoms with Crippen molar-refractivity contribution in [3.05, 3.63) is 29.1 Å². The molecule has 1 aromatic rings. The summed E-state index contributed by atoms with van der Waals surface area (Å²) >= 11 is 4.48. The molecule has 1 fully saturated rings. The van der Waals surface area contributed by atoms with Crippen molar-refractivity contribution in [1.82, 2.24) is 9.88 Å². The first kappa shape index (κ1) is 16.3. The predicted octanol–water partition coefficient (Wildman–Crippen LogP) is 3.05. The van der Waals surface area contributed by atoms with Crippen molar-refractivity contribution in [3.8, 4) is 0 Å². The molecule has 0 spiro atoms. The van der Waals surface area contributed by atoms with E-state index in [4.69, 9.17) is 0 Å². The Morgan fingerprint density at radius 2 is 2.24 bits per heavy atom. The second kappa shape index (κ2) is 6.36. The standard InChI is InChI=1S/C14H17F3N2OS/c1-9-6-19(3-2-13(9)21)7-10-4-11(14(15,16)17)12(8-20)18-5-10/h4-5,8-9,13,21H,2-3,6-7H2,1H3/t9-,13?/m1/s1. The summed E-state index contributed by atoms with van der Waals surface area (Å²) in [5.41, 5.74) is -1.06. The van der Waals surface area contributed by atoms with Crippen LogP contribution in [0.4, 0.5) is 13.2 Å². The van der Waals surface area contributed by atoms with Gasteiger partial charge in [0.15, 0.2) is 6.29 Å². The van der Waals surface area contributed by atoms with Crippen molar-refractivity contribution >= 4 is 18.9 Å². The zero-order valence-electron chi connectivity index (χ0n) is 11.6. The topological polar surface area (TPSA) is 33.2 Å². The zero-order valence-corrected chi connectivity index (χ0v) is 12.5. The quantitative estimate of drug-likeness (QED) is 0.687. The van der Waals surface area contributed by atoms with Gasteiger partial charge in [-0.05, 0) is 30.5 Å². The van der Waals surface area contributed by atoms with Gasteiger partial charge in [-0.2, -0.15) is 25.8 Å².